The number of rotatable bonds is 13. The van der Waals surface area contributed by atoms with E-state index in [4.69, 9.17) is 23.2 Å². The van der Waals surface area contributed by atoms with Gasteiger partial charge >= 0.3 is 0 Å². The van der Waals surface area contributed by atoms with E-state index in [9.17, 15) is 18.0 Å². The summed E-state index contributed by atoms with van der Waals surface area (Å²) in [6.45, 7) is 4.62. The third-order valence-corrected chi connectivity index (χ3v) is 7.28. The van der Waals surface area contributed by atoms with E-state index in [-0.39, 0.29) is 37.7 Å². The molecule has 192 valence electrons. The maximum atomic E-state index is 13.4. The van der Waals surface area contributed by atoms with Gasteiger partial charge in [-0.25, -0.2) is 8.42 Å². The van der Waals surface area contributed by atoms with E-state index in [0.717, 1.165) is 18.2 Å². The van der Waals surface area contributed by atoms with Crippen molar-refractivity contribution >= 4 is 50.7 Å². The van der Waals surface area contributed by atoms with E-state index in [1.807, 2.05) is 26.0 Å². The molecule has 0 bridgehead atoms. The largest absolute Gasteiger partial charge is 0.354 e. The number of hydrogen-bond donors (Lipinski definition) is 1. The Bertz CT molecular complexity index is 1110. The van der Waals surface area contributed by atoms with Crippen LogP contribution >= 0.6 is 23.2 Å². The molecule has 2 rings (SSSR count). The number of halogens is 2. The van der Waals surface area contributed by atoms with Crippen LogP contribution in [0.2, 0.25) is 10.0 Å². The lowest BCUT2D eigenvalue weighted by Crippen LogP contribution is -2.49. The summed E-state index contributed by atoms with van der Waals surface area (Å²) in [5.74, 6) is -0.464. The van der Waals surface area contributed by atoms with Crippen LogP contribution in [0.5, 0.6) is 0 Å². The quantitative estimate of drug-likeness (QED) is 0.391. The number of benzene rings is 2. The fraction of sp³-hybridized carbons (Fsp3) is 0.440. The highest BCUT2D eigenvalue weighted by Gasteiger charge is 2.29. The van der Waals surface area contributed by atoms with Crippen molar-refractivity contribution in [2.24, 2.45) is 0 Å². The zero-order chi connectivity index (χ0) is 26.0. The Morgan fingerprint density at radius 1 is 1.06 bits per heavy atom. The lowest BCUT2D eigenvalue weighted by Gasteiger charge is -2.31. The van der Waals surface area contributed by atoms with Gasteiger partial charge in [-0.05, 0) is 49.1 Å². The third kappa shape index (κ3) is 8.70. The van der Waals surface area contributed by atoms with Gasteiger partial charge in [0.15, 0.2) is 0 Å². The summed E-state index contributed by atoms with van der Waals surface area (Å²) in [6, 6.07) is 13.1. The molecule has 1 atom stereocenters. The van der Waals surface area contributed by atoms with Crippen molar-refractivity contribution in [2.75, 3.05) is 23.7 Å². The van der Waals surface area contributed by atoms with Gasteiger partial charge in [-0.15, -0.1) is 0 Å². The van der Waals surface area contributed by atoms with Gasteiger partial charge in [0, 0.05) is 36.1 Å². The average molecular weight is 543 g/mol. The van der Waals surface area contributed by atoms with Gasteiger partial charge in [-0.3, -0.25) is 13.9 Å². The molecule has 0 spiro atoms. The number of nitrogens with zero attached hydrogens (tertiary/aromatic N) is 2. The van der Waals surface area contributed by atoms with E-state index in [1.54, 1.807) is 36.4 Å². The smallest absolute Gasteiger partial charge is 0.242 e. The molecule has 0 aliphatic carbocycles. The predicted molar refractivity (Wildman–Crippen MR) is 142 cm³/mol. The van der Waals surface area contributed by atoms with Gasteiger partial charge in [-0.1, -0.05) is 61.3 Å². The zero-order valence-corrected chi connectivity index (χ0v) is 22.7. The Morgan fingerprint density at radius 2 is 1.77 bits per heavy atom. The van der Waals surface area contributed by atoms with E-state index in [2.05, 4.69) is 5.32 Å². The Balaban J connectivity index is 2.21. The van der Waals surface area contributed by atoms with Crippen LogP contribution in [0, 0.1) is 0 Å². The second-order valence-corrected chi connectivity index (χ2v) is 11.0. The number of nitrogens with one attached hydrogen (secondary N) is 1. The molecule has 10 heteroatoms. The van der Waals surface area contributed by atoms with E-state index >= 15 is 0 Å². The molecule has 2 amide bonds. The molecular formula is C25H33Cl2N3O4S. The Kier molecular flexibility index (Phi) is 11.3. The fourth-order valence-electron chi connectivity index (χ4n) is 3.73. The normalized spacial score (nSPS) is 12.1. The van der Waals surface area contributed by atoms with Gasteiger partial charge < -0.3 is 10.2 Å². The molecule has 0 fully saturated rings. The molecule has 0 saturated heterocycles. The summed E-state index contributed by atoms with van der Waals surface area (Å²) in [5.41, 5.74) is 1.17. The summed E-state index contributed by atoms with van der Waals surface area (Å²) >= 11 is 12.4. The Hall–Kier alpha value is -2.29. The Labute approximate surface area is 218 Å². The number of carbonyl (C=O) groups is 2. The van der Waals surface area contributed by atoms with Crippen LogP contribution in [0.3, 0.4) is 0 Å². The molecule has 0 aliphatic heterocycles. The number of hydrogen-bond acceptors (Lipinski definition) is 4. The van der Waals surface area contributed by atoms with Crippen molar-refractivity contribution in [1.82, 2.24) is 10.2 Å². The first kappa shape index (κ1) is 28.9. The number of sulfonamides is 1. The standard InChI is InChI=1S/C25H33Cl2N3O4S/c1-4-15-28-25(32)23(5-2)29(18-19-10-6-7-13-22(19)27)24(31)14-9-16-30(35(3,33)34)21-12-8-11-20(26)17-21/h6-8,10-13,17,23H,4-5,9,14-16,18H2,1-3H3,(H,28,32). The number of carbonyl (C=O) groups excluding carboxylic acids is 2. The molecule has 7 nitrogen and oxygen atoms in total. The van der Waals surface area contributed by atoms with Crippen LogP contribution in [-0.4, -0.2) is 50.5 Å². The Morgan fingerprint density at radius 3 is 2.37 bits per heavy atom. The molecule has 0 aliphatic rings. The van der Waals surface area contributed by atoms with Crippen molar-refractivity contribution in [3.8, 4) is 0 Å². The third-order valence-electron chi connectivity index (χ3n) is 5.48. The van der Waals surface area contributed by atoms with Gasteiger partial charge in [0.2, 0.25) is 21.8 Å². The SMILES string of the molecule is CCCNC(=O)C(CC)N(Cc1ccccc1Cl)C(=O)CCCN(c1cccc(Cl)c1)S(C)(=O)=O. The maximum Gasteiger partial charge on any atom is 0.242 e. The van der Waals surface area contributed by atoms with Crippen LogP contribution < -0.4 is 9.62 Å². The van der Waals surface area contributed by atoms with Crippen LogP contribution in [0.25, 0.3) is 0 Å². The molecule has 0 heterocycles. The van der Waals surface area contributed by atoms with Gasteiger partial charge in [-0.2, -0.15) is 0 Å². The highest BCUT2D eigenvalue weighted by atomic mass is 35.5. The van der Waals surface area contributed by atoms with Crippen molar-refractivity contribution in [1.29, 1.82) is 0 Å². The topological polar surface area (TPSA) is 86.8 Å². The van der Waals surface area contributed by atoms with Crippen LogP contribution in [0.15, 0.2) is 48.5 Å². The number of anilines is 1. The summed E-state index contributed by atoms with van der Waals surface area (Å²) in [7, 11) is -3.58. The zero-order valence-electron chi connectivity index (χ0n) is 20.3. The first-order chi connectivity index (χ1) is 16.6. The minimum atomic E-state index is -3.58. The molecule has 0 saturated carbocycles. The number of amides is 2. The van der Waals surface area contributed by atoms with Crippen molar-refractivity contribution in [2.45, 2.75) is 52.1 Å². The summed E-state index contributed by atoms with van der Waals surface area (Å²) in [5, 5.41) is 3.81. The molecule has 2 aromatic carbocycles. The van der Waals surface area contributed by atoms with E-state index in [1.165, 1.54) is 9.21 Å². The van der Waals surface area contributed by atoms with E-state index < -0.39 is 16.1 Å². The van der Waals surface area contributed by atoms with Crippen LogP contribution in [0.4, 0.5) is 5.69 Å². The minimum Gasteiger partial charge on any atom is -0.354 e. The summed E-state index contributed by atoms with van der Waals surface area (Å²) in [6.07, 6.45) is 2.67. The first-order valence-corrected chi connectivity index (χ1v) is 14.2. The van der Waals surface area contributed by atoms with Crippen LogP contribution in [0.1, 0.15) is 45.1 Å². The molecule has 0 aromatic heterocycles. The van der Waals surface area contributed by atoms with Gasteiger partial charge in [0.1, 0.15) is 6.04 Å². The highest BCUT2D eigenvalue weighted by molar-refractivity contribution is 7.92. The molecular weight excluding hydrogens is 509 g/mol. The molecule has 35 heavy (non-hydrogen) atoms. The second-order valence-electron chi connectivity index (χ2n) is 8.25. The first-order valence-electron chi connectivity index (χ1n) is 11.6. The minimum absolute atomic E-state index is 0.0641. The highest BCUT2D eigenvalue weighted by Crippen LogP contribution is 2.23. The molecule has 1 N–H and O–H groups in total. The summed E-state index contributed by atoms with van der Waals surface area (Å²) in [4.78, 5) is 27.8. The molecule has 1 unspecified atom stereocenters. The summed E-state index contributed by atoms with van der Waals surface area (Å²) < 4.78 is 26.0. The lowest BCUT2D eigenvalue weighted by atomic mass is 10.1. The van der Waals surface area contributed by atoms with Gasteiger partial charge in [0.25, 0.3) is 0 Å². The van der Waals surface area contributed by atoms with Crippen molar-refractivity contribution in [3.63, 3.8) is 0 Å². The van der Waals surface area contributed by atoms with Crippen molar-refractivity contribution < 1.29 is 18.0 Å². The second kappa shape index (κ2) is 13.7. The fourth-order valence-corrected chi connectivity index (χ4v) is 5.07. The maximum absolute atomic E-state index is 13.4. The average Bonchev–Trinajstić information content (AvgIpc) is 2.80. The molecule has 0 radical (unpaired) electrons. The lowest BCUT2D eigenvalue weighted by molar-refractivity contribution is -0.141. The van der Waals surface area contributed by atoms with Crippen molar-refractivity contribution in [3.05, 3.63) is 64.1 Å². The predicted octanol–water partition coefficient (Wildman–Crippen LogP) is 4.87. The monoisotopic (exact) mass is 541 g/mol. The molecule has 2 aromatic rings. The van der Waals surface area contributed by atoms with Gasteiger partial charge in [0.05, 0.1) is 11.9 Å². The van der Waals surface area contributed by atoms with E-state index in [0.29, 0.717) is 28.7 Å². The van der Waals surface area contributed by atoms with Crippen LogP contribution in [-0.2, 0) is 26.2 Å².